The number of hydrogen-bond acceptors (Lipinski definition) is 2. The van der Waals surface area contributed by atoms with E-state index in [1.807, 2.05) is 11.9 Å². The molecule has 1 fully saturated rings. The third kappa shape index (κ3) is 2.52. The van der Waals surface area contributed by atoms with Crippen LogP contribution in [0.4, 0.5) is 0 Å². The van der Waals surface area contributed by atoms with Crippen molar-refractivity contribution in [2.75, 3.05) is 13.1 Å². The van der Waals surface area contributed by atoms with Gasteiger partial charge in [-0.2, -0.15) is 0 Å². The molecule has 0 amide bonds. The molecular weight excluding hydrogens is 190 g/mol. The molecule has 1 saturated heterocycles. The first-order valence-corrected chi connectivity index (χ1v) is 6.12. The molecule has 1 nitrogen and oxygen atoms in total. The Hall–Kier alpha value is -0.470. The van der Waals surface area contributed by atoms with Crippen molar-refractivity contribution in [1.82, 2.24) is 4.31 Å². The monoisotopic (exact) mass is 207 g/mol. The molecule has 0 unspecified atom stereocenters. The van der Waals surface area contributed by atoms with Crippen LogP contribution in [-0.4, -0.2) is 17.4 Å². The van der Waals surface area contributed by atoms with Gasteiger partial charge in [-0.25, -0.2) is 4.31 Å². The van der Waals surface area contributed by atoms with E-state index in [-0.39, 0.29) is 0 Å². The predicted octanol–water partition coefficient (Wildman–Crippen LogP) is 3.49. The molecule has 0 bridgehead atoms. The van der Waals surface area contributed by atoms with E-state index >= 15 is 0 Å². The summed E-state index contributed by atoms with van der Waals surface area (Å²) in [6.07, 6.45) is 4.13. The maximum absolute atomic E-state index is 2.49. The fourth-order valence-electron chi connectivity index (χ4n) is 1.75. The number of nitrogens with zero attached hydrogens (tertiary/aromatic N) is 1. The summed E-state index contributed by atoms with van der Waals surface area (Å²) in [6.45, 7) is 4.68. The molecule has 1 aliphatic rings. The Morgan fingerprint density at radius 2 is 1.79 bits per heavy atom. The lowest BCUT2D eigenvalue weighted by molar-refractivity contribution is 0.380. The van der Waals surface area contributed by atoms with Gasteiger partial charge in [0, 0.05) is 18.0 Å². The Morgan fingerprint density at radius 1 is 1.07 bits per heavy atom. The highest BCUT2D eigenvalue weighted by molar-refractivity contribution is 7.97. The van der Waals surface area contributed by atoms with Crippen molar-refractivity contribution in [3.8, 4) is 0 Å². The molecule has 0 N–H and O–H groups in total. The largest absolute Gasteiger partial charge is 0.246 e. The van der Waals surface area contributed by atoms with Crippen LogP contribution in [-0.2, 0) is 0 Å². The second-order valence-electron chi connectivity index (χ2n) is 3.85. The minimum atomic E-state index is 1.25. The second kappa shape index (κ2) is 4.85. The lowest BCUT2D eigenvalue weighted by atomic mass is 10.2. The van der Waals surface area contributed by atoms with Crippen molar-refractivity contribution in [3.05, 3.63) is 29.8 Å². The van der Waals surface area contributed by atoms with E-state index in [9.17, 15) is 0 Å². The quantitative estimate of drug-likeness (QED) is 0.683. The molecule has 0 aliphatic carbocycles. The fraction of sp³-hybridized carbons (Fsp3) is 0.500. The minimum absolute atomic E-state index is 1.25. The topological polar surface area (TPSA) is 3.24 Å². The van der Waals surface area contributed by atoms with Crippen molar-refractivity contribution in [3.63, 3.8) is 0 Å². The van der Waals surface area contributed by atoms with Crippen LogP contribution in [0.1, 0.15) is 24.8 Å². The van der Waals surface area contributed by atoms with E-state index in [1.54, 1.807) is 0 Å². The number of rotatable bonds is 2. The van der Waals surface area contributed by atoms with Crippen LogP contribution in [0.2, 0.25) is 0 Å². The summed E-state index contributed by atoms with van der Waals surface area (Å²) in [7, 11) is 0. The highest BCUT2D eigenvalue weighted by atomic mass is 32.2. The molecule has 76 valence electrons. The normalized spacial score (nSPS) is 18.4. The summed E-state index contributed by atoms with van der Waals surface area (Å²) in [4.78, 5) is 1.41. The van der Waals surface area contributed by atoms with E-state index in [2.05, 4.69) is 35.5 Å². The molecule has 0 saturated carbocycles. The zero-order valence-corrected chi connectivity index (χ0v) is 9.52. The van der Waals surface area contributed by atoms with Gasteiger partial charge < -0.3 is 0 Å². The Kier molecular flexibility index (Phi) is 3.49. The molecule has 0 aromatic heterocycles. The Labute approximate surface area is 90.6 Å². The molecule has 1 aromatic rings. The van der Waals surface area contributed by atoms with Gasteiger partial charge in [0.15, 0.2) is 0 Å². The van der Waals surface area contributed by atoms with Gasteiger partial charge in [0.1, 0.15) is 0 Å². The van der Waals surface area contributed by atoms with Gasteiger partial charge in [0.05, 0.1) is 0 Å². The molecule has 14 heavy (non-hydrogen) atoms. The van der Waals surface area contributed by atoms with Gasteiger partial charge in [0.2, 0.25) is 0 Å². The van der Waals surface area contributed by atoms with Gasteiger partial charge in [-0.05, 0) is 43.3 Å². The van der Waals surface area contributed by atoms with Gasteiger partial charge in [0.25, 0.3) is 0 Å². The molecule has 1 aromatic carbocycles. The van der Waals surface area contributed by atoms with Gasteiger partial charge >= 0.3 is 0 Å². The molecular formula is C12H17NS. The SMILES string of the molecule is Cc1ccccc1SN1CCCCC1. The zero-order chi connectivity index (χ0) is 9.80. The second-order valence-corrected chi connectivity index (χ2v) is 4.99. The van der Waals surface area contributed by atoms with Crippen molar-refractivity contribution >= 4 is 11.9 Å². The summed E-state index contributed by atoms with van der Waals surface area (Å²) in [5.74, 6) is 0. The van der Waals surface area contributed by atoms with Gasteiger partial charge in [-0.3, -0.25) is 0 Å². The van der Waals surface area contributed by atoms with Crippen LogP contribution in [0, 0.1) is 6.92 Å². The summed E-state index contributed by atoms with van der Waals surface area (Å²) in [5.41, 5.74) is 1.39. The summed E-state index contributed by atoms with van der Waals surface area (Å²) in [6, 6.07) is 8.63. The van der Waals surface area contributed by atoms with E-state index in [1.165, 1.54) is 42.8 Å². The first-order valence-electron chi connectivity index (χ1n) is 5.35. The average Bonchev–Trinajstić information content (AvgIpc) is 2.23. The van der Waals surface area contributed by atoms with Crippen molar-refractivity contribution < 1.29 is 0 Å². The van der Waals surface area contributed by atoms with Crippen LogP contribution in [0.25, 0.3) is 0 Å². The first kappa shape index (κ1) is 10.1. The lowest BCUT2D eigenvalue weighted by Crippen LogP contribution is -2.22. The fourth-order valence-corrected chi connectivity index (χ4v) is 2.82. The number of benzene rings is 1. The standard InChI is InChI=1S/C12H17NS/c1-11-7-3-4-8-12(11)14-13-9-5-2-6-10-13/h3-4,7-8H,2,5-6,9-10H2,1H3. The first-order chi connectivity index (χ1) is 6.86. The number of piperidine rings is 1. The van der Waals surface area contributed by atoms with E-state index in [4.69, 9.17) is 0 Å². The van der Waals surface area contributed by atoms with E-state index in [0.717, 1.165) is 0 Å². The minimum Gasteiger partial charge on any atom is -0.246 e. The van der Waals surface area contributed by atoms with Crippen molar-refractivity contribution in [2.24, 2.45) is 0 Å². The number of aryl methyl sites for hydroxylation is 1. The van der Waals surface area contributed by atoms with Crippen LogP contribution >= 0.6 is 11.9 Å². The highest BCUT2D eigenvalue weighted by Crippen LogP contribution is 2.28. The Morgan fingerprint density at radius 3 is 2.50 bits per heavy atom. The summed E-state index contributed by atoms with van der Waals surface area (Å²) in [5, 5.41) is 0. The summed E-state index contributed by atoms with van der Waals surface area (Å²) < 4.78 is 2.49. The average molecular weight is 207 g/mol. The van der Waals surface area contributed by atoms with Crippen LogP contribution in [0.3, 0.4) is 0 Å². The molecule has 2 heteroatoms. The summed E-state index contributed by atoms with van der Waals surface area (Å²) >= 11 is 1.92. The smallest absolute Gasteiger partial charge is 0.0259 e. The van der Waals surface area contributed by atoms with E-state index < -0.39 is 0 Å². The van der Waals surface area contributed by atoms with Gasteiger partial charge in [-0.15, -0.1) is 0 Å². The molecule has 0 radical (unpaired) electrons. The number of hydrogen-bond donors (Lipinski definition) is 0. The zero-order valence-electron chi connectivity index (χ0n) is 8.70. The van der Waals surface area contributed by atoms with Crippen LogP contribution in [0.15, 0.2) is 29.2 Å². The van der Waals surface area contributed by atoms with E-state index in [0.29, 0.717) is 0 Å². The third-order valence-corrected chi connectivity index (χ3v) is 3.91. The van der Waals surface area contributed by atoms with Crippen LogP contribution in [0.5, 0.6) is 0 Å². The lowest BCUT2D eigenvalue weighted by Gasteiger charge is -2.25. The Balaban J connectivity index is 1.99. The van der Waals surface area contributed by atoms with Crippen molar-refractivity contribution in [2.45, 2.75) is 31.1 Å². The maximum Gasteiger partial charge on any atom is 0.0259 e. The maximum atomic E-state index is 2.49. The Bertz CT molecular complexity index is 292. The predicted molar refractivity (Wildman–Crippen MR) is 62.5 cm³/mol. The molecule has 2 rings (SSSR count). The molecule has 1 heterocycles. The van der Waals surface area contributed by atoms with Crippen LogP contribution < -0.4 is 0 Å². The molecule has 0 spiro atoms. The highest BCUT2D eigenvalue weighted by Gasteiger charge is 2.11. The van der Waals surface area contributed by atoms with Gasteiger partial charge in [-0.1, -0.05) is 24.6 Å². The third-order valence-electron chi connectivity index (χ3n) is 2.64. The molecule has 0 atom stereocenters. The molecule has 1 aliphatic heterocycles. The van der Waals surface area contributed by atoms with Crippen molar-refractivity contribution in [1.29, 1.82) is 0 Å².